The third-order valence-electron chi connectivity index (χ3n) is 6.41. The van der Waals surface area contributed by atoms with E-state index in [2.05, 4.69) is 37.4 Å². The molecule has 2 atom stereocenters. The molecule has 3 aromatic heterocycles. The van der Waals surface area contributed by atoms with Crippen LogP contribution >= 0.6 is 0 Å². The second-order valence-corrected chi connectivity index (χ2v) is 8.35. The minimum atomic E-state index is -0.170. The number of rotatable bonds is 5. The highest BCUT2D eigenvalue weighted by molar-refractivity contribution is 5.71. The Hall–Kier alpha value is -3.26. The van der Waals surface area contributed by atoms with Crippen LogP contribution in [0.25, 0.3) is 22.5 Å². The summed E-state index contributed by atoms with van der Waals surface area (Å²) in [6.45, 7) is 0. The van der Waals surface area contributed by atoms with Gasteiger partial charge >= 0.3 is 0 Å². The monoisotopic (exact) mass is 418 g/mol. The minimum Gasteiger partial charge on any atom is -0.481 e. The van der Waals surface area contributed by atoms with Gasteiger partial charge in [-0.25, -0.2) is 4.98 Å². The molecule has 0 aliphatic carbocycles. The van der Waals surface area contributed by atoms with Gasteiger partial charge < -0.3 is 19.9 Å². The fourth-order valence-electron chi connectivity index (χ4n) is 4.75. The van der Waals surface area contributed by atoms with Gasteiger partial charge in [0.05, 0.1) is 12.8 Å². The summed E-state index contributed by atoms with van der Waals surface area (Å²) in [4.78, 5) is 21.1. The van der Waals surface area contributed by atoms with Gasteiger partial charge in [0.1, 0.15) is 5.69 Å². The fraction of sp³-hybridized carbons (Fsp3) is 0.391. The summed E-state index contributed by atoms with van der Waals surface area (Å²) in [6, 6.07) is 12.8. The van der Waals surface area contributed by atoms with Crippen molar-refractivity contribution in [3.8, 4) is 28.4 Å². The topological polar surface area (TPSA) is 96.0 Å². The molecule has 0 radical (unpaired) electrons. The lowest BCUT2D eigenvalue weighted by molar-refractivity contribution is 0.353. The summed E-state index contributed by atoms with van der Waals surface area (Å²) < 4.78 is 5.48. The van der Waals surface area contributed by atoms with Gasteiger partial charge in [0.15, 0.2) is 5.82 Å². The Bertz CT molecular complexity index is 1120. The Morgan fingerprint density at radius 1 is 1.03 bits per heavy atom. The van der Waals surface area contributed by atoms with Crippen LogP contribution in [0.15, 0.2) is 47.4 Å². The molecule has 0 spiro atoms. The van der Waals surface area contributed by atoms with Crippen molar-refractivity contribution in [2.75, 3.05) is 19.1 Å². The molecular formula is C23H26N6O2. The Morgan fingerprint density at radius 2 is 1.81 bits per heavy atom. The van der Waals surface area contributed by atoms with Crippen LogP contribution in [0.2, 0.25) is 0 Å². The highest BCUT2D eigenvalue weighted by Crippen LogP contribution is 2.32. The van der Waals surface area contributed by atoms with Gasteiger partial charge in [0.2, 0.25) is 11.4 Å². The quantitative estimate of drug-likeness (QED) is 0.657. The maximum Gasteiger partial charge on any atom is 0.248 e. The fourth-order valence-corrected chi connectivity index (χ4v) is 4.75. The molecule has 0 aromatic carbocycles. The summed E-state index contributed by atoms with van der Waals surface area (Å²) in [7, 11) is 3.68. The predicted molar refractivity (Wildman–Crippen MR) is 119 cm³/mol. The lowest BCUT2D eigenvalue weighted by Gasteiger charge is -2.36. The summed E-state index contributed by atoms with van der Waals surface area (Å²) in [5, 5.41) is 12.6. The number of methoxy groups -OCH3 is 1. The number of aromatic nitrogens is 4. The number of H-pyrrole nitrogens is 1. The van der Waals surface area contributed by atoms with Crippen LogP contribution in [-0.4, -0.2) is 52.4 Å². The Morgan fingerprint density at radius 3 is 2.48 bits per heavy atom. The Balaban J connectivity index is 1.37. The SMILES string of the molecule is COc1nc(-c2ccc(N(C)C3CC4CCC(C3)N4)nn2)ccc1-c1cc[nH]c(=O)c1. The minimum absolute atomic E-state index is 0.170. The molecule has 5 heterocycles. The summed E-state index contributed by atoms with van der Waals surface area (Å²) >= 11 is 0. The second-order valence-electron chi connectivity index (χ2n) is 8.35. The highest BCUT2D eigenvalue weighted by Gasteiger charge is 2.35. The van der Waals surface area contributed by atoms with E-state index in [1.54, 1.807) is 13.3 Å². The maximum absolute atomic E-state index is 11.6. The molecular weight excluding hydrogens is 392 g/mol. The van der Waals surface area contributed by atoms with Crippen molar-refractivity contribution < 1.29 is 4.74 Å². The molecule has 2 unspecified atom stereocenters. The van der Waals surface area contributed by atoms with Gasteiger partial charge in [-0.3, -0.25) is 4.79 Å². The molecule has 2 N–H and O–H groups in total. The van der Waals surface area contributed by atoms with E-state index in [0.717, 1.165) is 29.8 Å². The molecule has 3 aromatic rings. The van der Waals surface area contributed by atoms with Gasteiger partial charge in [-0.05, 0) is 61.6 Å². The number of aromatic amines is 1. The van der Waals surface area contributed by atoms with Gasteiger partial charge in [-0.2, -0.15) is 0 Å². The number of nitrogens with zero attached hydrogens (tertiary/aromatic N) is 4. The largest absolute Gasteiger partial charge is 0.481 e. The molecule has 5 rings (SSSR count). The van der Waals surface area contributed by atoms with Gasteiger partial charge in [0, 0.05) is 43.0 Å². The number of nitrogens with one attached hydrogen (secondary N) is 2. The van der Waals surface area contributed by atoms with Crippen LogP contribution in [0.3, 0.4) is 0 Å². The van der Waals surface area contributed by atoms with Crippen molar-refractivity contribution >= 4 is 5.82 Å². The Labute approximate surface area is 180 Å². The number of piperidine rings is 1. The van der Waals surface area contributed by atoms with Crippen molar-refractivity contribution in [2.24, 2.45) is 0 Å². The molecule has 0 saturated carbocycles. The van der Waals surface area contributed by atoms with Crippen molar-refractivity contribution in [1.29, 1.82) is 0 Å². The third kappa shape index (κ3) is 3.90. The molecule has 0 amide bonds. The molecule has 2 saturated heterocycles. The van der Waals surface area contributed by atoms with Crippen molar-refractivity contribution in [2.45, 2.75) is 43.8 Å². The number of anilines is 1. The number of ether oxygens (including phenoxy) is 1. The average molecular weight is 419 g/mol. The molecule has 2 bridgehead atoms. The van der Waals surface area contributed by atoms with E-state index in [0.29, 0.717) is 35.4 Å². The molecule has 2 aliphatic rings. The lowest BCUT2D eigenvalue weighted by Crippen LogP contribution is -2.47. The lowest BCUT2D eigenvalue weighted by atomic mass is 9.98. The molecule has 8 nitrogen and oxygen atoms in total. The standard InChI is InChI=1S/C23H26N6O2/c1-29(17-12-15-3-4-16(13-17)25-15)21-8-7-20(27-28-21)19-6-5-18(23(26-19)31-2)14-9-10-24-22(30)11-14/h5-11,15-17,25H,3-4,12-13H2,1-2H3,(H,24,30). The van der Waals surface area contributed by atoms with Crippen LogP contribution in [-0.2, 0) is 0 Å². The molecule has 2 fully saturated rings. The van der Waals surface area contributed by atoms with Crippen molar-refractivity contribution in [3.63, 3.8) is 0 Å². The number of hydrogen-bond acceptors (Lipinski definition) is 7. The van der Waals surface area contributed by atoms with E-state index in [9.17, 15) is 4.79 Å². The highest BCUT2D eigenvalue weighted by atomic mass is 16.5. The number of fused-ring (bicyclic) bond motifs is 2. The van der Waals surface area contributed by atoms with Crippen molar-refractivity contribution in [1.82, 2.24) is 25.5 Å². The van der Waals surface area contributed by atoms with Crippen LogP contribution in [0.1, 0.15) is 25.7 Å². The van der Waals surface area contributed by atoms with E-state index < -0.39 is 0 Å². The molecule has 2 aliphatic heterocycles. The molecule has 31 heavy (non-hydrogen) atoms. The van der Waals surface area contributed by atoms with Crippen molar-refractivity contribution in [3.05, 3.63) is 52.9 Å². The zero-order valence-electron chi connectivity index (χ0n) is 17.7. The zero-order valence-corrected chi connectivity index (χ0v) is 17.7. The van der Waals surface area contributed by atoms with Crippen LogP contribution in [0, 0.1) is 0 Å². The first-order valence-corrected chi connectivity index (χ1v) is 10.7. The normalized spacial score (nSPS) is 22.3. The summed E-state index contributed by atoms with van der Waals surface area (Å²) in [6.07, 6.45) is 6.47. The number of pyridine rings is 2. The first-order chi connectivity index (χ1) is 15.1. The smallest absolute Gasteiger partial charge is 0.248 e. The van der Waals surface area contributed by atoms with Crippen LogP contribution in [0.5, 0.6) is 5.88 Å². The van der Waals surface area contributed by atoms with Crippen LogP contribution in [0.4, 0.5) is 5.82 Å². The van der Waals surface area contributed by atoms with E-state index in [-0.39, 0.29) is 5.56 Å². The van der Waals surface area contributed by atoms with Crippen LogP contribution < -0.4 is 20.5 Å². The summed E-state index contributed by atoms with van der Waals surface area (Å²) in [5.74, 6) is 1.32. The van der Waals surface area contributed by atoms with E-state index in [4.69, 9.17) is 4.74 Å². The zero-order chi connectivity index (χ0) is 21.4. The van der Waals surface area contributed by atoms with Gasteiger partial charge in [0.25, 0.3) is 0 Å². The maximum atomic E-state index is 11.6. The van der Waals surface area contributed by atoms with Gasteiger partial charge in [-0.1, -0.05) is 0 Å². The van der Waals surface area contributed by atoms with E-state index in [1.807, 2.05) is 30.3 Å². The first-order valence-electron chi connectivity index (χ1n) is 10.7. The second kappa shape index (κ2) is 8.11. The van der Waals surface area contributed by atoms with E-state index in [1.165, 1.54) is 18.9 Å². The third-order valence-corrected chi connectivity index (χ3v) is 6.41. The van der Waals surface area contributed by atoms with E-state index >= 15 is 0 Å². The predicted octanol–water partition coefficient (Wildman–Crippen LogP) is 2.62. The summed E-state index contributed by atoms with van der Waals surface area (Å²) in [5.41, 5.74) is 2.68. The molecule has 8 heteroatoms. The Kier molecular flexibility index (Phi) is 5.15. The number of hydrogen-bond donors (Lipinski definition) is 2. The first kappa shape index (κ1) is 19.7. The molecule has 160 valence electrons. The van der Waals surface area contributed by atoms with Gasteiger partial charge in [-0.15, -0.1) is 10.2 Å². The average Bonchev–Trinajstić information content (AvgIpc) is 3.15.